The molecule has 2 aliphatic rings. The number of hydrogen-bond acceptors (Lipinski definition) is 4. The average Bonchev–Trinajstić information content (AvgIpc) is 2.85. The van der Waals surface area contributed by atoms with Gasteiger partial charge in [-0.05, 0) is 25.0 Å². The number of likely N-dealkylation sites (tertiary alicyclic amines) is 1. The first-order chi connectivity index (χ1) is 9.88. The summed E-state index contributed by atoms with van der Waals surface area (Å²) >= 11 is 0. The van der Waals surface area contributed by atoms with Gasteiger partial charge in [-0.25, -0.2) is 0 Å². The van der Waals surface area contributed by atoms with Crippen LogP contribution < -0.4 is 0 Å². The maximum Gasteiger partial charge on any atom is 0.100 e. The number of ether oxygens (including phenoxy) is 2. The molecular formula is C16H22N2O2. The van der Waals surface area contributed by atoms with Crippen LogP contribution in [0.5, 0.6) is 0 Å². The predicted octanol–water partition coefficient (Wildman–Crippen LogP) is 2.02. The largest absolute Gasteiger partial charge is 0.374 e. The number of fused-ring (bicyclic) bond motifs is 1. The zero-order chi connectivity index (χ0) is 13.8. The fourth-order valence-electron chi connectivity index (χ4n) is 3.22. The molecule has 3 rings (SSSR count). The number of pyridine rings is 1. The Morgan fingerprint density at radius 3 is 3.25 bits per heavy atom. The van der Waals surface area contributed by atoms with Gasteiger partial charge >= 0.3 is 0 Å². The molecule has 4 nitrogen and oxygen atoms in total. The van der Waals surface area contributed by atoms with Crippen molar-refractivity contribution in [1.82, 2.24) is 9.88 Å². The summed E-state index contributed by atoms with van der Waals surface area (Å²) < 4.78 is 11.8. The Kier molecular flexibility index (Phi) is 4.45. The number of hydrogen-bond donors (Lipinski definition) is 0. The molecule has 1 aromatic rings. The second-order valence-electron chi connectivity index (χ2n) is 5.46. The fraction of sp³-hybridized carbons (Fsp3) is 0.562. The van der Waals surface area contributed by atoms with Crippen LogP contribution in [0.2, 0.25) is 0 Å². The summed E-state index contributed by atoms with van der Waals surface area (Å²) in [5.41, 5.74) is 1.11. The maximum absolute atomic E-state index is 5.96. The molecule has 2 aliphatic heterocycles. The van der Waals surface area contributed by atoms with Crippen LogP contribution in [0.15, 0.2) is 37.1 Å². The first kappa shape index (κ1) is 13.7. The molecule has 2 fully saturated rings. The smallest absolute Gasteiger partial charge is 0.100 e. The third kappa shape index (κ3) is 2.92. The molecule has 1 aromatic heterocycles. The standard InChI is InChI=1S/C16H22N2O2/c1-2-9-19-15-12-18(11-13-6-3-4-8-17-13)14-7-5-10-20-16(14)15/h2-4,6,8,14-16H,1,5,7,9-12H2/t14-,15+,16+/m0/s1. The molecule has 0 radical (unpaired) electrons. The van der Waals surface area contributed by atoms with E-state index in [0.717, 1.165) is 31.8 Å². The molecule has 0 N–H and O–H groups in total. The van der Waals surface area contributed by atoms with Crippen LogP contribution in [0.3, 0.4) is 0 Å². The highest BCUT2D eigenvalue weighted by Crippen LogP contribution is 2.31. The molecule has 0 unspecified atom stereocenters. The molecule has 3 heterocycles. The van der Waals surface area contributed by atoms with Crippen molar-refractivity contribution in [3.05, 3.63) is 42.7 Å². The molecule has 20 heavy (non-hydrogen) atoms. The molecule has 0 aliphatic carbocycles. The molecular weight excluding hydrogens is 252 g/mol. The van der Waals surface area contributed by atoms with Crippen molar-refractivity contribution in [3.8, 4) is 0 Å². The third-order valence-corrected chi connectivity index (χ3v) is 4.10. The summed E-state index contributed by atoms with van der Waals surface area (Å²) in [6.07, 6.45) is 6.33. The third-order valence-electron chi connectivity index (χ3n) is 4.10. The minimum atomic E-state index is 0.155. The Hall–Kier alpha value is -1.23. The SMILES string of the molecule is C=CCO[C@@H]1CN(Cc2ccccn2)[C@H]2CCCO[C@@H]12. The van der Waals surface area contributed by atoms with Crippen LogP contribution in [-0.2, 0) is 16.0 Å². The maximum atomic E-state index is 5.96. The van der Waals surface area contributed by atoms with Crippen LogP contribution >= 0.6 is 0 Å². The lowest BCUT2D eigenvalue weighted by Gasteiger charge is -2.32. The van der Waals surface area contributed by atoms with Gasteiger partial charge in [0, 0.05) is 31.9 Å². The normalized spacial score (nSPS) is 30.1. The van der Waals surface area contributed by atoms with Crippen LogP contribution in [0.1, 0.15) is 18.5 Å². The number of aromatic nitrogens is 1. The molecule has 0 saturated carbocycles. The predicted molar refractivity (Wildman–Crippen MR) is 77.3 cm³/mol. The summed E-state index contributed by atoms with van der Waals surface area (Å²) in [6, 6.07) is 6.53. The number of nitrogens with zero attached hydrogens (tertiary/aromatic N) is 2. The number of rotatable bonds is 5. The van der Waals surface area contributed by atoms with Crippen LogP contribution in [-0.4, -0.2) is 47.9 Å². The Morgan fingerprint density at radius 1 is 1.50 bits per heavy atom. The molecule has 0 aromatic carbocycles. The highest BCUT2D eigenvalue weighted by atomic mass is 16.5. The van der Waals surface area contributed by atoms with Gasteiger partial charge < -0.3 is 9.47 Å². The van der Waals surface area contributed by atoms with Gasteiger partial charge in [-0.1, -0.05) is 12.1 Å². The summed E-state index contributed by atoms with van der Waals surface area (Å²) in [5, 5.41) is 0. The van der Waals surface area contributed by atoms with E-state index in [1.807, 2.05) is 18.3 Å². The van der Waals surface area contributed by atoms with Gasteiger partial charge in [0.15, 0.2) is 0 Å². The van der Waals surface area contributed by atoms with E-state index in [1.54, 1.807) is 6.08 Å². The zero-order valence-electron chi connectivity index (χ0n) is 11.8. The summed E-state index contributed by atoms with van der Waals surface area (Å²) in [4.78, 5) is 6.89. The van der Waals surface area contributed by atoms with Crippen LogP contribution in [0.4, 0.5) is 0 Å². The van der Waals surface area contributed by atoms with E-state index >= 15 is 0 Å². The first-order valence-electron chi connectivity index (χ1n) is 7.36. The van der Waals surface area contributed by atoms with Gasteiger partial charge in [0.25, 0.3) is 0 Å². The van der Waals surface area contributed by atoms with Crippen LogP contribution in [0.25, 0.3) is 0 Å². The topological polar surface area (TPSA) is 34.6 Å². The summed E-state index contributed by atoms with van der Waals surface area (Å²) in [7, 11) is 0. The minimum Gasteiger partial charge on any atom is -0.374 e. The van der Waals surface area contributed by atoms with Gasteiger partial charge in [0.05, 0.1) is 18.4 Å². The quantitative estimate of drug-likeness (QED) is 0.769. The monoisotopic (exact) mass is 274 g/mol. The molecule has 0 spiro atoms. The highest BCUT2D eigenvalue weighted by Gasteiger charge is 2.44. The van der Waals surface area contributed by atoms with E-state index in [1.165, 1.54) is 6.42 Å². The van der Waals surface area contributed by atoms with Crippen LogP contribution in [0, 0.1) is 0 Å². The van der Waals surface area contributed by atoms with Crippen molar-refractivity contribution in [2.75, 3.05) is 19.8 Å². The highest BCUT2D eigenvalue weighted by molar-refractivity contribution is 5.06. The molecule has 3 atom stereocenters. The average molecular weight is 274 g/mol. The summed E-state index contributed by atoms with van der Waals surface area (Å²) in [5.74, 6) is 0. The lowest BCUT2D eigenvalue weighted by Crippen LogP contribution is -2.41. The second-order valence-corrected chi connectivity index (χ2v) is 5.46. The van der Waals surface area contributed by atoms with E-state index in [0.29, 0.717) is 12.6 Å². The Bertz CT molecular complexity index is 437. The van der Waals surface area contributed by atoms with Crippen molar-refractivity contribution in [1.29, 1.82) is 0 Å². The molecule has 108 valence electrons. The summed E-state index contributed by atoms with van der Waals surface area (Å²) in [6.45, 7) is 6.96. The zero-order valence-corrected chi connectivity index (χ0v) is 11.8. The van der Waals surface area contributed by atoms with Crippen molar-refractivity contribution >= 4 is 0 Å². The lowest BCUT2D eigenvalue weighted by molar-refractivity contribution is -0.0721. The molecule has 2 saturated heterocycles. The van der Waals surface area contributed by atoms with Gasteiger partial charge in [-0.15, -0.1) is 6.58 Å². The molecule has 0 amide bonds. The minimum absolute atomic E-state index is 0.155. The van der Waals surface area contributed by atoms with E-state index < -0.39 is 0 Å². The van der Waals surface area contributed by atoms with E-state index in [-0.39, 0.29) is 12.2 Å². The molecule has 0 bridgehead atoms. The van der Waals surface area contributed by atoms with Gasteiger partial charge in [-0.3, -0.25) is 9.88 Å². The van der Waals surface area contributed by atoms with E-state index in [4.69, 9.17) is 9.47 Å². The van der Waals surface area contributed by atoms with Crippen molar-refractivity contribution < 1.29 is 9.47 Å². The van der Waals surface area contributed by atoms with Crippen molar-refractivity contribution in [2.24, 2.45) is 0 Å². The molecule has 4 heteroatoms. The second kappa shape index (κ2) is 6.48. The fourth-order valence-corrected chi connectivity index (χ4v) is 3.22. The van der Waals surface area contributed by atoms with Crippen molar-refractivity contribution in [3.63, 3.8) is 0 Å². The van der Waals surface area contributed by atoms with Gasteiger partial charge in [0.1, 0.15) is 6.10 Å². The van der Waals surface area contributed by atoms with Gasteiger partial charge in [-0.2, -0.15) is 0 Å². The van der Waals surface area contributed by atoms with Gasteiger partial charge in [0.2, 0.25) is 0 Å². The lowest BCUT2D eigenvalue weighted by atomic mass is 10.0. The van der Waals surface area contributed by atoms with Crippen molar-refractivity contribution in [2.45, 2.75) is 37.6 Å². The van der Waals surface area contributed by atoms with E-state index in [2.05, 4.69) is 22.5 Å². The Morgan fingerprint density at radius 2 is 2.45 bits per heavy atom. The Balaban J connectivity index is 1.69. The Labute approximate surface area is 120 Å². The first-order valence-corrected chi connectivity index (χ1v) is 7.36. The van der Waals surface area contributed by atoms with E-state index in [9.17, 15) is 0 Å².